The molecular weight excluding hydrogens is 1690 g/mol. The van der Waals surface area contributed by atoms with Crippen LogP contribution in [0, 0.1) is 24.2 Å². The molecule has 0 spiro atoms. The first-order valence-corrected chi connectivity index (χ1v) is 46.9. The Morgan fingerprint density at radius 2 is 0.815 bits per heavy atom. The van der Waals surface area contributed by atoms with E-state index in [-0.39, 0.29) is 35.9 Å². The average molecular weight is 1800 g/mol. The van der Waals surface area contributed by atoms with Gasteiger partial charge in [-0.3, -0.25) is 29.7 Å². The molecule has 13 heterocycles. The topological polar surface area (TPSA) is 297 Å². The number of amides is 1. The molecule has 2 unspecified atom stereocenters. The summed E-state index contributed by atoms with van der Waals surface area (Å²) in [6, 6.07) is 47.9. The molecule has 10 aliphatic rings. The maximum Gasteiger partial charge on any atom is 0.289 e. The second-order valence-corrected chi connectivity index (χ2v) is 35.0. The predicted octanol–water partition coefficient (Wildman–Crippen LogP) is 15.3. The van der Waals surface area contributed by atoms with Gasteiger partial charge in [-0.2, -0.15) is 5.26 Å². The smallest absolute Gasteiger partial charge is 0.289 e. The number of benzene rings is 4. The highest BCUT2D eigenvalue weighted by atomic mass is 16.5. The molecular formula is C108H110N22O5. The van der Waals surface area contributed by atoms with Crippen LogP contribution in [0.3, 0.4) is 0 Å². The first-order valence-electron chi connectivity index (χ1n) is 46.9. The number of fused-ring (bicyclic) bond motifs is 4. The fourth-order valence-electron chi connectivity index (χ4n) is 18.6. The summed E-state index contributed by atoms with van der Waals surface area (Å²) >= 11 is 0. The molecule has 4 atom stereocenters. The molecule has 5 aliphatic carbocycles. The molecule has 27 nitrogen and oxygen atoms in total. The van der Waals surface area contributed by atoms with E-state index in [0.717, 1.165) is 275 Å². The normalized spacial score (nSPS) is 17.5. The largest absolute Gasteiger partial charge is 0.378 e. The maximum atomic E-state index is 12.9. The summed E-state index contributed by atoms with van der Waals surface area (Å²) in [6.45, 7) is 31.5. The Hall–Kier alpha value is -14.7. The van der Waals surface area contributed by atoms with Crippen molar-refractivity contribution in [1.82, 2.24) is 80.7 Å². The number of carbonyl (C=O) groups excluding carboxylic acids is 1. The number of nitriles is 1. The van der Waals surface area contributed by atoms with Gasteiger partial charge in [-0.1, -0.05) is 146 Å². The van der Waals surface area contributed by atoms with Crippen molar-refractivity contribution in [3.05, 3.63) is 369 Å². The zero-order chi connectivity index (χ0) is 92.1. The third-order valence-electron chi connectivity index (χ3n) is 26.2. The minimum Gasteiger partial charge on any atom is -0.378 e. The number of anilines is 4. The molecule has 8 aromatic heterocycles. The van der Waals surface area contributed by atoms with Crippen LogP contribution in [0.1, 0.15) is 187 Å². The van der Waals surface area contributed by atoms with Gasteiger partial charge in [0, 0.05) is 197 Å². The van der Waals surface area contributed by atoms with E-state index in [4.69, 9.17) is 53.8 Å². The Labute approximate surface area is 787 Å². The number of ether oxygens (including phenoxy) is 4. The summed E-state index contributed by atoms with van der Waals surface area (Å²) in [5.41, 5.74) is 29.5. The monoisotopic (exact) mass is 1790 g/mol. The van der Waals surface area contributed by atoms with Gasteiger partial charge in [-0.15, -0.1) is 0 Å². The van der Waals surface area contributed by atoms with Gasteiger partial charge in [-0.25, -0.2) is 39.9 Å². The van der Waals surface area contributed by atoms with Crippen LogP contribution < -0.4 is 35.6 Å². The maximum absolute atomic E-state index is 12.9. The van der Waals surface area contributed by atoms with E-state index >= 15 is 0 Å². The number of morpholine rings is 4. The Bertz CT molecular complexity index is 6500. The molecule has 135 heavy (non-hydrogen) atoms. The fraction of sp³-hybridized carbons (Fsp3) is 0.306. The summed E-state index contributed by atoms with van der Waals surface area (Å²) < 4.78 is 21.9. The number of likely N-dealkylation sites (N-methyl/N-ethyl adjacent to an activating group) is 1. The summed E-state index contributed by atoms with van der Waals surface area (Å²) in [5, 5.41) is 19.3. The molecule has 3 N–H and O–H groups in total. The lowest BCUT2D eigenvalue weighted by atomic mass is 10.0. The summed E-state index contributed by atoms with van der Waals surface area (Å²) in [7, 11) is 0. The molecule has 1 amide bonds. The molecule has 4 aromatic carbocycles. The zero-order valence-corrected chi connectivity index (χ0v) is 76.7. The number of aryl methyl sites for hydroxylation is 1. The summed E-state index contributed by atoms with van der Waals surface area (Å²) in [6.07, 6.45) is 37.0. The van der Waals surface area contributed by atoms with Crippen LogP contribution in [-0.4, -0.2) is 195 Å². The van der Waals surface area contributed by atoms with Gasteiger partial charge in [0.05, 0.1) is 158 Å². The van der Waals surface area contributed by atoms with Crippen LogP contribution in [0.5, 0.6) is 0 Å². The second-order valence-electron chi connectivity index (χ2n) is 35.0. The number of pyridine rings is 4. The second kappa shape index (κ2) is 41.6. The van der Waals surface area contributed by atoms with Crippen LogP contribution in [0.2, 0.25) is 0 Å². The molecule has 0 radical (unpaired) electrons. The molecule has 5 aliphatic heterocycles. The molecule has 22 rings (SSSR count). The first-order chi connectivity index (χ1) is 66.3. The van der Waals surface area contributed by atoms with Crippen molar-refractivity contribution >= 4 is 68.2 Å². The Morgan fingerprint density at radius 3 is 1.21 bits per heavy atom. The van der Waals surface area contributed by atoms with Crippen molar-refractivity contribution in [1.29, 1.82) is 5.26 Å². The average Bonchev–Trinajstić information content (AvgIpc) is 1.65. The number of hydrogen-bond donors (Lipinski definition) is 3. The third-order valence-corrected chi connectivity index (χ3v) is 26.2. The number of amidine groups is 1. The molecule has 4 saturated heterocycles. The van der Waals surface area contributed by atoms with Gasteiger partial charge >= 0.3 is 0 Å². The molecule has 0 bridgehead atoms. The quantitative estimate of drug-likeness (QED) is 0.0536. The lowest BCUT2D eigenvalue weighted by Gasteiger charge is -2.29. The minimum absolute atomic E-state index is 0.00563. The van der Waals surface area contributed by atoms with Gasteiger partial charge in [0.25, 0.3) is 5.91 Å². The van der Waals surface area contributed by atoms with Gasteiger partial charge in [0.15, 0.2) is 23.3 Å². The SMILES string of the molecule is C=C(NC(C)c1ccccc1C#N)c1ncc(C2=CCc3ncc(N4CCOCC4)cc32)cn1.C=C(N[C@@H](C)c1cccc(C)c1)c1ncc(C2=CCc3ncc(N4CCOCC4)cc32)cn1.CCN1C[C@H](c2ccccc2)N=C1c1ncc(C2=CCc3ncc(N4CCOCC4)cc32)cn1.O=C(NC(c1ccccc1)C1CC1)c1ncc(C2=CCc3ncc(N4CCOCC4)cc32)cn1. The van der Waals surface area contributed by atoms with Crippen LogP contribution in [0.25, 0.3) is 33.7 Å². The number of nitrogens with one attached hydrogen (secondary N) is 3. The molecule has 1 saturated carbocycles. The number of carbonyl (C=O) groups is 1. The summed E-state index contributed by atoms with van der Waals surface area (Å²) in [4.78, 5) is 85.1. The number of rotatable bonds is 23. The zero-order valence-electron chi connectivity index (χ0n) is 76.7. The highest BCUT2D eigenvalue weighted by molar-refractivity contribution is 5.97. The van der Waals surface area contributed by atoms with Gasteiger partial charge in [0.2, 0.25) is 5.82 Å². The summed E-state index contributed by atoms with van der Waals surface area (Å²) in [5.74, 6) is 3.15. The molecule has 5 fully saturated rings. The van der Waals surface area contributed by atoms with E-state index in [9.17, 15) is 10.1 Å². The van der Waals surface area contributed by atoms with Gasteiger partial charge in [0.1, 0.15) is 0 Å². The first kappa shape index (κ1) is 89.5. The van der Waals surface area contributed by atoms with Crippen LogP contribution in [-0.2, 0) is 44.6 Å². The van der Waals surface area contributed by atoms with E-state index in [1.165, 1.54) is 27.8 Å². The van der Waals surface area contributed by atoms with E-state index in [1.54, 1.807) is 12.4 Å². The van der Waals surface area contributed by atoms with Crippen LogP contribution in [0.4, 0.5) is 22.7 Å². The Balaban J connectivity index is 0.000000116. The number of nitrogens with zero attached hydrogens (tertiary/aromatic N) is 19. The Morgan fingerprint density at radius 1 is 0.437 bits per heavy atom. The molecule has 682 valence electrons. The highest BCUT2D eigenvalue weighted by Crippen LogP contribution is 2.43. The van der Waals surface area contributed by atoms with E-state index in [1.807, 2.05) is 117 Å². The van der Waals surface area contributed by atoms with E-state index in [2.05, 4.69) is 220 Å². The highest BCUT2D eigenvalue weighted by Gasteiger charge is 2.36. The predicted molar refractivity (Wildman–Crippen MR) is 526 cm³/mol. The lowest BCUT2D eigenvalue weighted by Crippen LogP contribution is -2.36. The van der Waals surface area contributed by atoms with E-state index in [0.29, 0.717) is 40.3 Å². The van der Waals surface area contributed by atoms with Crippen LogP contribution in [0.15, 0.2) is 250 Å². The number of aliphatic imine (C=N–C) groups is 1. The minimum atomic E-state index is -0.232. The number of hydrogen-bond acceptors (Lipinski definition) is 26. The van der Waals surface area contributed by atoms with Crippen molar-refractivity contribution in [2.24, 2.45) is 10.9 Å². The van der Waals surface area contributed by atoms with Gasteiger partial charge in [-0.05, 0) is 121 Å². The number of aromatic nitrogens is 12. The van der Waals surface area contributed by atoms with Crippen molar-refractivity contribution < 1.29 is 23.7 Å². The van der Waals surface area contributed by atoms with Crippen molar-refractivity contribution in [3.8, 4) is 6.07 Å². The Kier molecular flexibility index (Phi) is 27.6. The number of allylic oxidation sites excluding steroid dienone is 4. The van der Waals surface area contributed by atoms with Crippen LogP contribution >= 0.6 is 0 Å². The fourth-order valence-corrected chi connectivity index (χ4v) is 18.6. The third kappa shape index (κ3) is 20.7. The van der Waals surface area contributed by atoms with Crippen molar-refractivity contribution in [2.75, 3.05) is 138 Å². The lowest BCUT2D eigenvalue weighted by molar-refractivity contribution is 0.0920. The van der Waals surface area contributed by atoms with E-state index < -0.39 is 0 Å². The van der Waals surface area contributed by atoms with Crippen molar-refractivity contribution in [3.63, 3.8) is 0 Å². The molecule has 27 heteroatoms. The molecule has 12 aromatic rings. The standard InChI is InChI=1S/C27H28N6O.C27H26N6O.C27H27N5O2.C27H29N5O/c1-2-32-18-25(19-6-4-3-5-7-19)31-27(32)26-29-15-20(16-30-26)22-8-9-24-23(22)14-21(17-28-24)33-10-12-34-13-11-33;1-18(23-6-4-3-5-20(23)14-28)32-19(2)27-30-15-21(16-31-27)24-7-8-26-25(24)13-22(17-29-26)33-9-11-34-12-10-33;33-27(31-25(19-6-7-19)18-4-2-1-3-5-18)26-29-15-20(16-30-26)22-8-9-24-23(22)14-21(17-28-24)32-10-12-34-13-11-32;1-18-5-4-6-21(13-18)19(2)31-20(3)27-29-15-22(16-30-27)24-7-8-26-25(24)14-23(17-28-26)32-9-11-33-12-10-32/h3-8,14-17,25H,2,9-13,18H2,1H3;3-7,13,15-18,32H,2,8-12H2,1H3;1-5,8,14-17,19,25H,6-7,9-13H2,(H,31,33);4-7,13-17,19,31H,3,8-12H2,1-2H3/t25-;;;19-/m1..0/s1. The van der Waals surface area contributed by atoms with Gasteiger partial charge < -0.3 is 59.4 Å². The van der Waals surface area contributed by atoms with Crippen molar-refractivity contribution in [2.45, 2.75) is 90.4 Å².